The summed E-state index contributed by atoms with van der Waals surface area (Å²) in [6, 6.07) is 0. The van der Waals surface area contributed by atoms with Crippen LogP contribution in [0.15, 0.2) is 12.4 Å². The molecule has 1 saturated heterocycles. The van der Waals surface area contributed by atoms with Crippen molar-refractivity contribution in [2.45, 2.75) is 46.6 Å². The predicted molar refractivity (Wildman–Crippen MR) is 87.6 cm³/mol. The van der Waals surface area contributed by atoms with Gasteiger partial charge in [0.15, 0.2) is 0 Å². The molecule has 0 aliphatic carbocycles. The quantitative estimate of drug-likeness (QED) is 0.776. The molecule has 0 saturated carbocycles. The van der Waals surface area contributed by atoms with Crippen LogP contribution in [0.5, 0.6) is 0 Å². The fraction of sp³-hybridized carbons (Fsp3) is 0.800. The monoisotopic (exact) mass is 328 g/mol. The molecule has 1 aromatic rings. The zero-order chi connectivity index (χ0) is 16.2. The Morgan fingerprint density at radius 2 is 1.95 bits per heavy atom. The Labute approximate surface area is 134 Å². The lowest BCUT2D eigenvalue weighted by atomic mass is 9.94. The summed E-state index contributed by atoms with van der Waals surface area (Å²) >= 11 is 0. The van der Waals surface area contributed by atoms with Crippen molar-refractivity contribution in [3.05, 3.63) is 18.2 Å². The number of nitrogens with one attached hydrogen (secondary N) is 1. The molecule has 7 heteroatoms. The first-order valence-electron chi connectivity index (χ1n) is 8.11. The fourth-order valence-corrected chi connectivity index (χ4v) is 4.63. The number of hydrogen-bond acceptors (Lipinski definition) is 3. The van der Waals surface area contributed by atoms with Crippen LogP contribution in [0.2, 0.25) is 0 Å². The Balaban J connectivity index is 1.72. The van der Waals surface area contributed by atoms with Gasteiger partial charge >= 0.3 is 0 Å². The third-order valence-electron chi connectivity index (χ3n) is 4.21. The van der Waals surface area contributed by atoms with E-state index in [1.807, 2.05) is 13.1 Å². The van der Waals surface area contributed by atoms with Gasteiger partial charge in [-0.1, -0.05) is 13.8 Å². The number of aryl methyl sites for hydroxylation is 2. The Hall–Kier alpha value is -0.920. The van der Waals surface area contributed by atoms with Crippen LogP contribution in [-0.2, 0) is 16.8 Å². The second-order valence-electron chi connectivity index (χ2n) is 6.54. The molecular formula is C15H28N4O2S. The van der Waals surface area contributed by atoms with Crippen LogP contribution in [-0.4, -0.2) is 41.9 Å². The maximum atomic E-state index is 12.3. The van der Waals surface area contributed by atoms with Crippen LogP contribution in [0.1, 0.15) is 38.9 Å². The first-order valence-corrected chi connectivity index (χ1v) is 9.55. The molecular weight excluding hydrogens is 300 g/mol. The van der Waals surface area contributed by atoms with Crippen molar-refractivity contribution in [2.24, 2.45) is 11.8 Å². The number of imidazole rings is 1. The second-order valence-corrected chi connectivity index (χ2v) is 8.29. The summed E-state index contributed by atoms with van der Waals surface area (Å²) in [5.74, 6) is 1.87. The molecule has 0 spiro atoms. The summed E-state index contributed by atoms with van der Waals surface area (Å²) in [5, 5.41) is 0. The molecule has 2 unspecified atom stereocenters. The van der Waals surface area contributed by atoms with E-state index in [0.29, 0.717) is 31.5 Å². The third-order valence-corrected chi connectivity index (χ3v) is 5.76. The van der Waals surface area contributed by atoms with E-state index in [1.54, 1.807) is 10.5 Å². The molecule has 6 nitrogen and oxygen atoms in total. The van der Waals surface area contributed by atoms with Gasteiger partial charge in [0.05, 0.1) is 0 Å². The molecule has 1 aliphatic rings. The van der Waals surface area contributed by atoms with Crippen molar-refractivity contribution in [1.29, 1.82) is 0 Å². The van der Waals surface area contributed by atoms with Gasteiger partial charge in [-0.05, 0) is 38.0 Å². The average molecular weight is 328 g/mol. The maximum Gasteiger partial charge on any atom is 0.279 e. The third kappa shape index (κ3) is 4.79. The fourth-order valence-electron chi connectivity index (χ4n) is 3.14. The first kappa shape index (κ1) is 17.4. The van der Waals surface area contributed by atoms with Crippen LogP contribution >= 0.6 is 0 Å². The summed E-state index contributed by atoms with van der Waals surface area (Å²) in [7, 11) is -3.33. The summed E-state index contributed by atoms with van der Waals surface area (Å²) in [6.45, 7) is 8.85. The number of unbranched alkanes of at least 4 members (excludes halogenated alkanes) is 1. The van der Waals surface area contributed by atoms with Gasteiger partial charge in [0.2, 0.25) is 0 Å². The maximum absolute atomic E-state index is 12.3. The van der Waals surface area contributed by atoms with Gasteiger partial charge < -0.3 is 4.57 Å². The predicted octanol–water partition coefficient (Wildman–Crippen LogP) is 1.78. The van der Waals surface area contributed by atoms with Crippen LogP contribution in [0.4, 0.5) is 0 Å². The summed E-state index contributed by atoms with van der Waals surface area (Å²) in [5.41, 5.74) is 0. The van der Waals surface area contributed by atoms with Crippen molar-refractivity contribution >= 4 is 10.2 Å². The number of piperidine rings is 1. The number of rotatable bonds is 7. The number of hydrogen-bond donors (Lipinski definition) is 1. The standard InChI is InChI=1S/C15H28N4O2S/c1-13-10-14(2)12-19(11-13)22(20,21)17-6-4-5-8-18-9-7-16-15(18)3/h7,9,13-14,17H,4-6,8,10-12H2,1-3H3. The number of nitrogens with zero attached hydrogens (tertiary/aromatic N) is 3. The highest BCUT2D eigenvalue weighted by molar-refractivity contribution is 7.87. The van der Waals surface area contributed by atoms with E-state index in [0.717, 1.165) is 31.6 Å². The van der Waals surface area contributed by atoms with E-state index in [9.17, 15) is 8.42 Å². The van der Waals surface area contributed by atoms with Crippen molar-refractivity contribution in [3.8, 4) is 0 Å². The highest BCUT2D eigenvalue weighted by Crippen LogP contribution is 2.22. The first-order chi connectivity index (χ1) is 10.4. The average Bonchev–Trinajstić information content (AvgIpc) is 2.83. The molecule has 126 valence electrons. The van der Waals surface area contributed by atoms with Crippen LogP contribution in [0, 0.1) is 18.8 Å². The largest absolute Gasteiger partial charge is 0.335 e. The van der Waals surface area contributed by atoms with E-state index in [2.05, 4.69) is 28.1 Å². The normalized spacial score (nSPS) is 23.8. The SMILES string of the molecule is Cc1nccn1CCCCNS(=O)(=O)N1CC(C)CC(C)C1. The van der Waals surface area contributed by atoms with Gasteiger partial charge in [-0.25, -0.2) is 9.71 Å². The van der Waals surface area contributed by atoms with Gasteiger partial charge in [0, 0.05) is 38.6 Å². The van der Waals surface area contributed by atoms with Crippen molar-refractivity contribution < 1.29 is 8.42 Å². The highest BCUT2D eigenvalue weighted by atomic mass is 32.2. The zero-order valence-electron chi connectivity index (χ0n) is 13.8. The molecule has 22 heavy (non-hydrogen) atoms. The molecule has 2 rings (SSSR count). The van der Waals surface area contributed by atoms with Gasteiger partial charge in [0.25, 0.3) is 10.2 Å². The molecule has 1 aliphatic heterocycles. The van der Waals surface area contributed by atoms with Crippen molar-refractivity contribution in [1.82, 2.24) is 18.6 Å². The smallest absolute Gasteiger partial charge is 0.279 e. The minimum Gasteiger partial charge on any atom is -0.335 e. The highest BCUT2D eigenvalue weighted by Gasteiger charge is 2.29. The minimum absolute atomic E-state index is 0.435. The molecule has 0 amide bonds. The minimum atomic E-state index is -3.33. The van der Waals surface area contributed by atoms with Gasteiger partial charge in [-0.15, -0.1) is 0 Å². The molecule has 2 atom stereocenters. The van der Waals surface area contributed by atoms with Crippen molar-refractivity contribution in [3.63, 3.8) is 0 Å². The topological polar surface area (TPSA) is 67.2 Å². The van der Waals surface area contributed by atoms with E-state index >= 15 is 0 Å². The van der Waals surface area contributed by atoms with Crippen molar-refractivity contribution in [2.75, 3.05) is 19.6 Å². The van der Waals surface area contributed by atoms with Gasteiger partial charge in [0.1, 0.15) is 5.82 Å². The lowest BCUT2D eigenvalue weighted by Crippen LogP contribution is -2.48. The van der Waals surface area contributed by atoms with Crippen LogP contribution in [0.25, 0.3) is 0 Å². The molecule has 2 heterocycles. The van der Waals surface area contributed by atoms with E-state index in [1.165, 1.54) is 0 Å². The Morgan fingerprint density at radius 3 is 2.55 bits per heavy atom. The Morgan fingerprint density at radius 1 is 1.27 bits per heavy atom. The van der Waals surface area contributed by atoms with Gasteiger partial charge in [-0.3, -0.25) is 0 Å². The molecule has 0 bridgehead atoms. The molecule has 1 N–H and O–H groups in total. The zero-order valence-corrected chi connectivity index (χ0v) is 14.6. The molecule has 0 aromatic carbocycles. The van der Waals surface area contributed by atoms with E-state index < -0.39 is 10.2 Å². The molecule has 1 fully saturated rings. The number of aromatic nitrogens is 2. The molecule has 0 radical (unpaired) electrons. The molecule has 1 aromatic heterocycles. The van der Waals surface area contributed by atoms with Gasteiger partial charge in [-0.2, -0.15) is 12.7 Å². The Kier molecular flexibility index (Phi) is 6.00. The summed E-state index contributed by atoms with van der Waals surface area (Å²) < 4.78 is 31.1. The van der Waals surface area contributed by atoms with Crippen LogP contribution in [0.3, 0.4) is 0 Å². The summed E-state index contributed by atoms with van der Waals surface area (Å²) in [4.78, 5) is 4.17. The lowest BCUT2D eigenvalue weighted by molar-refractivity contribution is 0.220. The second kappa shape index (κ2) is 7.57. The Bertz CT molecular complexity index is 560. The van der Waals surface area contributed by atoms with Crippen LogP contribution < -0.4 is 4.72 Å². The van der Waals surface area contributed by atoms with E-state index in [4.69, 9.17) is 0 Å². The lowest BCUT2D eigenvalue weighted by Gasteiger charge is -2.33. The summed E-state index contributed by atoms with van der Waals surface area (Å²) in [6.07, 6.45) is 6.62. The van der Waals surface area contributed by atoms with E-state index in [-0.39, 0.29) is 0 Å².